The van der Waals surface area contributed by atoms with Crippen molar-refractivity contribution in [2.24, 2.45) is 5.41 Å². The van der Waals surface area contributed by atoms with Crippen LogP contribution in [0.3, 0.4) is 0 Å². The summed E-state index contributed by atoms with van der Waals surface area (Å²) in [5.41, 5.74) is 3.26. The molecule has 0 bridgehead atoms. The molecule has 3 aromatic heterocycles. The van der Waals surface area contributed by atoms with E-state index in [9.17, 15) is 9.90 Å². The molecule has 1 unspecified atom stereocenters. The number of hydrogen-bond donors (Lipinski definition) is 1. The molecule has 31 heavy (non-hydrogen) atoms. The lowest BCUT2D eigenvalue weighted by molar-refractivity contribution is -0.166. The highest BCUT2D eigenvalue weighted by molar-refractivity contribution is 5.79. The number of pyridine rings is 2. The topological polar surface area (TPSA) is 89.6 Å². The summed E-state index contributed by atoms with van der Waals surface area (Å²) in [6, 6.07) is 5.85. The van der Waals surface area contributed by atoms with Crippen LogP contribution >= 0.6 is 0 Å². The summed E-state index contributed by atoms with van der Waals surface area (Å²) in [6.07, 6.45) is 1.92. The maximum absolute atomic E-state index is 13.3. The molecule has 1 N–H and O–H groups in total. The molecule has 3 rings (SSSR count). The first-order valence-corrected chi connectivity index (χ1v) is 10.5. The van der Waals surface area contributed by atoms with Crippen molar-refractivity contribution in [1.29, 1.82) is 0 Å². The Morgan fingerprint density at radius 1 is 1.10 bits per heavy atom. The summed E-state index contributed by atoms with van der Waals surface area (Å²) in [5.74, 6) is 0.0775. The quantitative estimate of drug-likeness (QED) is 0.622. The number of nitrogens with zero attached hydrogens (tertiary/aromatic N) is 4. The van der Waals surface area contributed by atoms with Crippen LogP contribution in [0.4, 0.5) is 0 Å². The van der Waals surface area contributed by atoms with Crippen molar-refractivity contribution in [2.45, 2.75) is 73.5 Å². The molecule has 0 saturated heterocycles. The number of aliphatic hydroxyl groups excluding tert-OH is 1. The molecular weight excluding hydrogens is 392 g/mol. The van der Waals surface area contributed by atoms with Crippen LogP contribution in [-0.2, 0) is 16.1 Å². The molecule has 0 aliphatic heterocycles. The Bertz CT molecular complexity index is 1130. The predicted octanol–water partition coefficient (Wildman–Crippen LogP) is 4.04. The van der Waals surface area contributed by atoms with E-state index in [1.165, 1.54) is 0 Å². The van der Waals surface area contributed by atoms with Gasteiger partial charge in [-0.15, -0.1) is 10.2 Å². The van der Waals surface area contributed by atoms with Gasteiger partial charge < -0.3 is 9.84 Å². The number of esters is 1. The molecule has 7 heteroatoms. The molecule has 0 aliphatic rings. The largest absolute Gasteiger partial charge is 0.460 e. The maximum Gasteiger partial charge on any atom is 0.313 e. The van der Waals surface area contributed by atoms with Gasteiger partial charge in [0.2, 0.25) is 0 Å². The number of carbonyl (C=O) groups is 1. The molecular formula is C24H32N4O3. The Balaban J connectivity index is 2.25. The van der Waals surface area contributed by atoms with E-state index in [4.69, 9.17) is 9.72 Å². The van der Waals surface area contributed by atoms with Gasteiger partial charge in [-0.1, -0.05) is 6.07 Å². The summed E-state index contributed by atoms with van der Waals surface area (Å²) >= 11 is 0. The lowest BCUT2D eigenvalue weighted by atomic mass is 9.71. The van der Waals surface area contributed by atoms with E-state index in [1.54, 1.807) is 0 Å². The van der Waals surface area contributed by atoms with Crippen molar-refractivity contribution in [2.75, 3.05) is 0 Å². The van der Waals surface area contributed by atoms with Crippen molar-refractivity contribution in [3.8, 4) is 0 Å². The molecule has 0 aromatic carbocycles. The molecule has 0 spiro atoms. The molecule has 3 aromatic rings. The van der Waals surface area contributed by atoms with E-state index >= 15 is 0 Å². The highest BCUT2D eigenvalue weighted by Crippen LogP contribution is 2.43. The van der Waals surface area contributed by atoms with E-state index < -0.39 is 16.9 Å². The molecule has 0 aliphatic carbocycles. The van der Waals surface area contributed by atoms with Gasteiger partial charge in [-0.05, 0) is 84.2 Å². The highest BCUT2D eigenvalue weighted by atomic mass is 16.6. The third-order valence-corrected chi connectivity index (χ3v) is 5.66. The number of aliphatic hydroxyl groups is 1. The van der Waals surface area contributed by atoms with Gasteiger partial charge >= 0.3 is 5.97 Å². The maximum atomic E-state index is 13.3. The van der Waals surface area contributed by atoms with Gasteiger partial charge in [-0.25, -0.2) is 0 Å². The Hall–Kier alpha value is -2.80. The van der Waals surface area contributed by atoms with Gasteiger partial charge in [-0.2, -0.15) is 0 Å². The standard InChI is InChI=1S/C24H32N4O3/c1-14-9-10-18(25-19(14)13-29)20(24(7,8)22(30)31-23(4,5)6)17-11-12-28-16(3)26-27-21(28)15(17)2/h9-12,20,29H,13H2,1-8H3. The van der Waals surface area contributed by atoms with Crippen LogP contribution in [0.15, 0.2) is 24.4 Å². The minimum Gasteiger partial charge on any atom is -0.460 e. The minimum atomic E-state index is -0.930. The Morgan fingerprint density at radius 2 is 1.77 bits per heavy atom. The second kappa shape index (κ2) is 8.04. The smallest absolute Gasteiger partial charge is 0.313 e. The van der Waals surface area contributed by atoms with Crippen LogP contribution in [-0.4, -0.2) is 36.3 Å². The number of hydrogen-bond acceptors (Lipinski definition) is 6. The molecule has 0 radical (unpaired) electrons. The first-order valence-electron chi connectivity index (χ1n) is 10.5. The van der Waals surface area contributed by atoms with E-state index in [-0.39, 0.29) is 12.6 Å². The summed E-state index contributed by atoms with van der Waals surface area (Å²) in [5, 5.41) is 18.3. The number of aromatic nitrogens is 4. The molecule has 1 atom stereocenters. The zero-order valence-corrected chi connectivity index (χ0v) is 19.6. The van der Waals surface area contributed by atoms with Crippen LogP contribution in [0.25, 0.3) is 5.65 Å². The normalized spacial score (nSPS) is 13.5. The fourth-order valence-corrected chi connectivity index (χ4v) is 3.88. The van der Waals surface area contributed by atoms with Crippen molar-refractivity contribution < 1.29 is 14.6 Å². The summed E-state index contributed by atoms with van der Waals surface area (Å²) < 4.78 is 7.72. The average Bonchev–Trinajstić information content (AvgIpc) is 3.05. The highest BCUT2D eigenvalue weighted by Gasteiger charge is 2.43. The van der Waals surface area contributed by atoms with Crippen LogP contribution < -0.4 is 0 Å². The van der Waals surface area contributed by atoms with Crippen LogP contribution in [0, 0.1) is 26.2 Å². The number of aryl methyl sites for hydroxylation is 3. The second-order valence-electron chi connectivity index (χ2n) is 9.65. The Morgan fingerprint density at radius 3 is 2.39 bits per heavy atom. The molecule has 0 fully saturated rings. The fourth-order valence-electron chi connectivity index (χ4n) is 3.88. The Kier molecular flexibility index (Phi) is 5.93. The van der Waals surface area contributed by atoms with Gasteiger partial charge in [0, 0.05) is 17.8 Å². The first-order chi connectivity index (χ1) is 14.4. The Labute approximate surface area is 183 Å². The molecule has 0 amide bonds. The van der Waals surface area contributed by atoms with Crippen molar-refractivity contribution in [3.63, 3.8) is 0 Å². The predicted molar refractivity (Wildman–Crippen MR) is 119 cm³/mol. The first kappa shape index (κ1) is 22.9. The summed E-state index contributed by atoms with van der Waals surface area (Å²) in [7, 11) is 0. The van der Waals surface area contributed by atoms with Gasteiger partial charge in [0.15, 0.2) is 5.65 Å². The van der Waals surface area contributed by atoms with Gasteiger partial charge in [0.25, 0.3) is 0 Å². The number of fused-ring (bicyclic) bond motifs is 1. The number of carbonyl (C=O) groups excluding carboxylic acids is 1. The third kappa shape index (κ3) is 4.32. The zero-order valence-electron chi connectivity index (χ0n) is 19.6. The number of rotatable bonds is 5. The SMILES string of the molecule is Cc1ccc(C(c2ccn3c(C)nnc3c2C)C(C)(C)C(=O)OC(C)(C)C)nc1CO. The monoisotopic (exact) mass is 424 g/mol. The fraction of sp³-hybridized carbons (Fsp3) is 0.500. The number of ether oxygens (including phenoxy) is 1. The molecule has 7 nitrogen and oxygen atoms in total. The minimum absolute atomic E-state index is 0.166. The third-order valence-electron chi connectivity index (χ3n) is 5.66. The van der Waals surface area contributed by atoms with Crippen molar-refractivity contribution in [3.05, 3.63) is 58.3 Å². The van der Waals surface area contributed by atoms with Gasteiger partial charge in [-0.3, -0.25) is 14.2 Å². The molecule has 3 heterocycles. The average molecular weight is 425 g/mol. The second-order valence-corrected chi connectivity index (χ2v) is 9.65. The van der Waals surface area contributed by atoms with Crippen molar-refractivity contribution in [1.82, 2.24) is 19.6 Å². The lowest BCUT2D eigenvalue weighted by Crippen LogP contribution is -2.39. The zero-order chi connectivity index (χ0) is 23.1. The van der Waals surface area contributed by atoms with E-state index in [2.05, 4.69) is 10.2 Å². The van der Waals surface area contributed by atoms with Gasteiger partial charge in [0.1, 0.15) is 11.4 Å². The van der Waals surface area contributed by atoms with Crippen LogP contribution in [0.2, 0.25) is 0 Å². The summed E-state index contributed by atoms with van der Waals surface area (Å²) in [4.78, 5) is 18.1. The summed E-state index contributed by atoms with van der Waals surface area (Å²) in [6.45, 7) is 15.0. The van der Waals surface area contributed by atoms with Crippen molar-refractivity contribution >= 4 is 11.6 Å². The van der Waals surface area contributed by atoms with E-state index in [0.29, 0.717) is 11.4 Å². The lowest BCUT2D eigenvalue weighted by Gasteiger charge is -2.35. The van der Waals surface area contributed by atoms with Gasteiger partial charge in [0.05, 0.1) is 17.7 Å². The van der Waals surface area contributed by atoms with Crippen LogP contribution in [0.5, 0.6) is 0 Å². The van der Waals surface area contributed by atoms with Crippen LogP contribution in [0.1, 0.15) is 74.4 Å². The van der Waals surface area contributed by atoms with E-state index in [1.807, 2.05) is 84.2 Å². The van der Waals surface area contributed by atoms with E-state index in [0.717, 1.165) is 28.2 Å². The molecule has 166 valence electrons. The molecule has 0 saturated carbocycles.